The van der Waals surface area contributed by atoms with Crippen LogP contribution in [-0.4, -0.2) is 29.8 Å². The molecule has 2 atom stereocenters. The molecule has 1 aliphatic heterocycles. The quantitative estimate of drug-likeness (QED) is 0.851. The number of hydrogen-bond acceptors (Lipinski definition) is 3. The molecule has 0 unspecified atom stereocenters. The molecule has 2 amide bonds. The van der Waals surface area contributed by atoms with Gasteiger partial charge in [0.05, 0.1) is 0 Å². The molecule has 1 aromatic carbocycles. The summed E-state index contributed by atoms with van der Waals surface area (Å²) in [6.45, 7) is 1.27. The van der Waals surface area contributed by atoms with Crippen molar-refractivity contribution < 1.29 is 9.59 Å². The maximum absolute atomic E-state index is 12.4. The molecular formula is C15H21N3O2. The number of carbonyl (C=O) groups is 2. The van der Waals surface area contributed by atoms with Crippen molar-refractivity contribution in [2.45, 2.75) is 25.3 Å². The zero-order chi connectivity index (χ0) is 14.5. The van der Waals surface area contributed by atoms with Crippen LogP contribution in [0.25, 0.3) is 0 Å². The molecular weight excluding hydrogens is 254 g/mol. The maximum atomic E-state index is 12.4. The van der Waals surface area contributed by atoms with Gasteiger partial charge in [-0.1, -0.05) is 30.3 Å². The Labute approximate surface area is 118 Å². The lowest BCUT2D eigenvalue weighted by atomic mass is 9.93. The first-order chi connectivity index (χ1) is 9.58. The third-order valence-corrected chi connectivity index (χ3v) is 3.75. The average Bonchev–Trinajstić information content (AvgIpc) is 2.46. The zero-order valence-electron chi connectivity index (χ0n) is 11.5. The molecule has 1 fully saturated rings. The van der Waals surface area contributed by atoms with Crippen LogP contribution < -0.4 is 11.5 Å². The maximum Gasteiger partial charge on any atom is 0.244 e. The summed E-state index contributed by atoms with van der Waals surface area (Å²) in [7, 11) is 0. The number of piperidine rings is 1. The van der Waals surface area contributed by atoms with Crippen molar-refractivity contribution in [1.29, 1.82) is 0 Å². The Morgan fingerprint density at radius 1 is 1.30 bits per heavy atom. The molecule has 0 saturated carbocycles. The lowest BCUT2D eigenvalue weighted by molar-refractivity contribution is -0.135. The average molecular weight is 275 g/mol. The smallest absolute Gasteiger partial charge is 0.244 e. The van der Waals surface area contributed by atoms with Gasteiger partial charge in [-0.15, -0.1) is 0 Å². The Hall–Kier alpha value is -1.88. The summed E-state index contributed by atoms with van der Waals surface area (Å²) in [5.41, 5.74) is 12.1. The standard InChI is InChI=1S/C15H21N3O2/c16-13(19)9-11-5-4-8-18(10-11)15(20)14(17)12-6-2-1-3-7-12/h1-3,6-7,11,14H,4-5,8-10,17H2,(H2,16,19)/t11-,14-/m0/s1. The lowest BCUT2D eigenvalue weighted by Crippen LogP contribution is -2.45. The highest BCUT2D eigenvalue weighted by Gasteiger charge is 2.28. The molecule has 0 spiro atoms. The van der Waals surface area contributed by atoms with Crippen LogP contribution in [-0.2, 0) is 9.59 Å². The van der Waals surface area contributed by atoms with Crippen molar-refractivity contribution in [3.63, 3.8) is 0 Å². The van der Waals surface area contributed by atoms with E-state index in [0.717, 1.165) is 18.4 Å². The lowest BCUT2D eigenvalue weighted by Gasteiger charge is -2.34. The number of hydrogen-bond donors (Lipinski definition) is 2. The molecule has 0 radical (unpaired) electrons. The number of amides is 2. The van der Waals surface area contributed by atoms with E-state index in [9.17, 15) is 9.59 Å². The Balaban J connectivity index is 1.99. The summed E-state index contributed by atoms with van der Waals surface area (Å²) in [5, 5.41) is 0. The van der Waals surface area contributed by atoms with Crippen LogP contribution in [0.4, 0.5) is 0 Å². The number of carbonyl (C=O) groups excluding carboxylic acids is 2. The van der Waals surface area contributed by atoms with Gasteiger partial charge in [-0.3, -0.25) is 9.59 Å². The first-order valence-electron chi connectivity index (χ1n) is 6.95. The molecule has 0 aliphatic carbocycles. The van der Waals surface area contributed by atoms with Crippen LogP contribution in [0.1, 0.15) is 30.9 Å². The highest BCUT2D eigenvalue weighted by atomic mass is 16.2. The van der Waals surface area contributed by atoms with Gasteiger partial charge in [-0.25, -0.2) is 0 Å². The van der Waals surface area contributed by atoms with E-state index in [-0.39, 0.29) is 17.7 Å². The van der Waals surface area contributed by atoms with E-state index in [0.29, 0.717) is 19.5 Å². The summed E-state index contributed by atoms with van der Waals surface area (Å²) in [6.07, 6.45) is 2.17. The van der Waals surface area contributed by atoms with E-state index in [1.165, 1.54) is 0 Å². The van der Waals surface area contributed by atoms with E-state index in [2.05, 4.69) is 0 Å². The minimum Gasteiger partial charge on any atom is -0.370 e. The molecule has 1 aliphatic rings. The minimum atomic E-state index is -0.636. The number of primary amides is 1. The Kier molecular flexibility index (Phi) is 4.74. The predicted molar refractivity (Wildman–Crippen MR) is 76.5 cm³/mol. The molecule has 5 nitrogen and oxygen atoms in total. The second-order valence-corrected chi connectivity index (χ2v) is 5.35. The van der Waals surface area contributed by atoms with Crippen LogP contribution in [0.3, 0.4) is 0 Å². The molecule has 4 N–H and O–H groups in total. The number of likely N-dealkylation sites (tertiary alicyclic amines) is 1. The highest BCUT2D eigenvalue weighted by Crippen LogP contribution is 2.22. The van der Waals surface area contributed by atoms with Gasteiger partial charge in [0.15, 0.2) is 0 Å². The Morgan fingerprint density at radius 2 is 2.00 bits per heavy atom. The van der Waals surface area contributed by atoms with Gasteiger partial charge in [-0.05, 0) is 24.3 Å². The summed E-state index contributed by atoms with van der Waals surface area (Å²) >= 11 is 0. The van der Waals surface area contributed by atoms with Crippen molar-refractivity contribution in [1.82, 2.24) is 4.90 Å². The topological polar surface area (TPSA) is 89.4 Å². The zero-order valence-corrected chi connectivity index (χ0v) is 11.5. The summed E-state index contributed by atoms with van der Waals surface area (Å²) in [4.78, 5) is 25.2. The third kappa shape index (κ3) is 3.57. The molecule has 5 heteroatoms. The number of rotatable bonds is 4. The molecule has 0 aromatic heterocycles. The van der Waals surface area contributed by atoms with Crippen LogP contribution in [0.15, 0.2) is 30.3 Å². The van der Waals surface area contributed by atoms with Gasteiger partial charge >= 0.3 is 0 Å². The van der Waals surface area contributed by atoms with Crippen LogP contribution in [0.5, 0.6) is 0 Å². The van der Waals surface area contributed by atoms with E-state index in [4.69, 9.17) is 11.5 Å². The second kappa shape index (κ2) is 6.52. The predicted octanol–water partition coefficient (Wildman–Crippen LogP) is 0.800. The molecule has 2 rings (SSSR count). The van der Waals surface area contributed by atoms with Gasteiger partial charge in [-0.2, -0.15) is 0 Å². The van der Waals surface area contributed by atoms with Gasteiger partial charge in [0, 0.05) is 19.5 Å². The fourth-order valence-corrected chi connectivity index (χ4v) is 2.72. The molecule has 1 saturated heterocycles. The SMILES string of the molecule is NC(=O)C[C@@H]1CCCN(C(=O)[C@@H](N)c2ccccc2)C1. The van der Waals surface area contributed by atoms with Crippen molar-refractivity contribution in [3.05, 3.63) is 35.9 Å². The van der Waals surface area contributed by atoms with Gasteiger partial charge in [0.1, 0.15) is 6.04 Å². The van der Waals surface area contributed by atoms with Crippen LogP contribution in [0.2, 0.25) is 0 Å². The number of benzene rings is 1. The van der Waals surface area contributed by atoms with Crippen molar-refractivity contribution >= 4 is 11.8 Å². The van der Waals surface area contributed by atoms with Crippen LogP contribution in [0, 0.1) is 5.92 Å². The van der Waals surface area contributed by atoms with Crippen molar-refractivity contribution in [2.75, 3.05) is 13.1 Å². The second-order valence-electron chi connectivity index (χ2n) is 5.35. The monoisotopic (exact) mass is 275 g/mol. The summed E-state index contributed by atoms with van der Waals surface area (Å²) < 4.78 is 0. The fraction of sp³-hybridized carbons (Fsp3) is 0.467. The molecule has 1 heterocycles. The fourth-order valence-electron chi connectivity index (χ4n) is 2.72. The largest absolute Gasteiger partial charge is 0.370 e. The first kappa shape index (κ1) is 14.5. The van der Waals surface area contributed by atoms with Gasteiger partial charge in [0.25, 0.3) is 0 Å². The van der Waals surface area contributed by atoms with Crippen molar-refractivity contribution in [3.8, 4) is 0 Å². The van der Waals surface area contributed by atoms with E-state index in [1.54, 1.807) is 4.90 Å². The highest BCUT2D eigenvalue weighted by molar-refractivity contribution is 5.83. The molecule has 108 valence electrons. The normalized spacial score (nSPS) is 20.4. The van der Waals surface area contributed by atoms with Gasteiger partial charge < -0.3 is 16.4 Å². The Bertz CT molecular complexity index is 475. The van der Waals surface area contributed by atoms with Gasteiger partial charge in [0.2, 0.25) is 11.8 Å². The Morgan fingerprint density at radius 3 is 2.65 bits per heavy atom. The molecule has 20 heavy (non-hydrogen) atoms. The minimum absolute atomic E-state index is 0.0784. The van der Waals surface area contributed by atoms with E-state index < -0.39 is 6.04 Å². The van der Waals surface area contributed by atoms with E-state index in [1.807, 2.05) is 30.3 Å². The van der Waals surface area contributed by atoms with E-state index >= 15 is 0 Å². The number of nitrogens with zero attached hydrogens (tertiary/aromatic N) is 1. The first-order valence-corrected chi connectivity index (χ1v) is 6.95. The summed E-state index contributed by atoms with van der Waals surface area (Å²) in [6, 6.07) is 8.71. The molecule has 0 bridgehead atoms. The van der Waals surface area contributed by atoms with Crippen molar-refractivity contribution in [2.24, 2.45) is 17.4 Å². The van der Waals surface area contributed by atoms with Crippen LogP contribution >= 0.6 is 0 Å². The molecule has 1 aromatic rings. The number of nitrogens with two attached hydrogens (primary N) is 2. The third-order valence-electron chi connectivity index (χ3n) is 3.75. The summed E-state index contributed by atoms with van der Waals surface area (Å²) in [5.74, 6) is -0.227.